The molecule has 0 N–H and O–H groups in total. The highest BCUT2D eigenvalue weighted by molar-refractivity contribution is 7.09. The molecule has 2 aromatic heterocycles. The molecule has 0 unspecified atom stereocenters. The number of amides is 1. The highest BCUT2D eigenvalue weighted by atomic mass is 32.1. The Morgan fingerprint density at radius 3 is 3.04 bits per heavy atom. The molecule has 8 nitrogen and oxygen atoms in total. The zero-order valence-corrected chi connectivity index (χ0v) is 15.6. The van der Waals surface area contributed by atoms with Crippen LogP contribution in [0.25, 0.3) is 0 Å². The van der Waals surface area contributed by atoms with Crippen molar-refractivity contribution in [2.24, 2.45) is 0 Å². The lowest BCUT2D eigenvalue weighted by Crippen LogP contribution is -2.29. The number of oxazole rings is 1. The van der Waals surface area contributed by atoms with Crippen LogP contribution in [0.3, 0.4) is 0 Å². The fourth-order valence-corrected chi connectivity index (χ4v) is 3.29. The Bertz CT molecular complexity index is 940. The van der Waals surface area contributed by atoms with Crippen molar-refractivity contribution < 1.29 is 23.4 Å². The van der Waals surface area contributed by atoms with Crippen LogP contribution in [0.4, 0.5) is 0 Å². The molecule has 27 heavy (non-hydrogen) atoms. The molecule has 1 aliphatic rings. The summed E-state index contributed by atoms with van der Waals surface area (Å²) in [6.45, 7) is 2.24. The van der Waals surface area contributed by atoms with Crippen LogP contribution in [-0.2, 0) is 6.61 Å². The van der Waals surface area contributed by atoms with Gasteiger partial charge in [-0.25, -0.2) is 4.98 Å². The smallest absolute Gasteiger partial charge is 0.276 e. The standard InChI is InChI=1S/C18H17N3O5S/c1-11(16-6-19-9-27-16)21(2)18(22)13-7-24-17(20-13)8-23-12-3-4-14-15(5-12)26-10-25-14/h3-7,9,11H,8,10H2,1-2H3/t11-/m1/s1. The molecule has 3 aromatic rings. The third-order valence-electron chi connectivity index (χ3n) is 4.24. The second-order valence-corrected chi connectivity index (χ2v) is 6.84. The van der Waals surface area contributed by atoms with Crippen molar-refractivity contribution in [3.8, 4) is 17.2 Å². The van der Waals surface area contributed by atoms with E-state index in [1.165, 1.54) is 17.6 Å². The minimum atomic E-state index is -0.228. The van der Waals surface area contributed by atoms with Crippen molar-refractivity contribution in [1.29, 1.82) is 0 Å². The number of rotatable bonds is 6. The normalized spacial score (nSPS) is 13.4. The molecular weight excluding hydrogens is 370 g/mol. The van der Waals surface area contributed by atoms with Crippen LogP contribution in [0.2, 0.25) is 0 Å². The summed E-state index contributed by atoms with van der Waals surface area (Å²) < 4.78 is 21.6. The maximum Gasteiger partial charge on any atom is 0.276 e. The predicted octanol–water partition coefficient (Wildman–Crippen LogP) is 3.27. The number of thiazole rings is 1. The molecule has 1 atom stereocenters. The highest BCUT2D eigenvalue weighted by Gasteiger charge is 2.23. The number of carbonyl (C=O) groups is 1. The molecule has 0 spiro atoms. The molecule has 1 aromatic carbocycles. The Hall–Kier alpha value is -3.07. The van der Waals surface area contributed by atoms with Gasteiger partial charge in [-0.05, 0) is 19.1 Å². The van der Waals surface area contributed by atoms with Gasteiger partial charge in [0.15, 0.2) is 23.8 Å². The molecule has 3 heterocycles. The zero-order chi connectivity index (χ0) is 18.8. The second kappa shape index (κ2) is 7.28. The summed E-state index contributed by atoms with van der Waals surface area (Å²) in [7, 11) is 1.73. The first-order valence-electron chi connectivity index (χ1n) is 8.24. The first kappa shape index (κ1) is 17.3. The predicted molar refractivity (Wildman–Crippen MR) is 96.0 cm³/mol. The average Bonchev–Trinajstić information content (AvgIpc) is 3.45. The van der Waals surface area contributed by atoms with Crippen LogP contribution in [0.5, 0.6) is 17.2 Å². The van der Waals surface area contributed by atoms with Gasteiger partial charge in [0.05, 0.1) is 11.6 Å². The summed E-state index contributed by atoms with van der Waals surface area (Å²) in [5, 5.41) is 0. The van der Waals surface area contributed by atoms with E-state index >= 15 is 0 Å². The molecule has 0 saturated carbocycles. The molecule has 0 aliphatic carbocycles. The molecule has 0 saturated heterocycles. The van der Waals surface area contributed by atoms with E-state index in [9.17, 15) is 4.79 Å². The molecule has 0 fully saturated rings. The van der Waals surface area contributed by atoms with Gasteiger partial charge in [-0.1, -0.05) is 0 Å². The summed E-state index contributed by atoms with van der Waals surface area (Å²) in [5.41, 5.74) is 1.98. The summed E-state index contributed by atoms with van der Waals surface area (Å²) in [6.07, 6.45) is 3.10. The summed E-state index contributed by atoms with van der Waals surface area (Å²) in [4.78, 5) is 23.5. The number of fused-ring (bicyclic) bond motifs is 1. The number of hydrogen-bond donors (Lipinski definition) is 0. The first-order valence-corrected chi connectivity index (χ1v) is 9.12. The minimum absolute atomic E-state index is 0.0983. The fourth-order valence-electron chi connectivity index (χ4n) is 2.57. The van der Waals surface area contributed by atoms with Gasteiger partial charge in [-0.2, -0.15) is 0 Å². The zero-order valence-electron chi connectivity index (χ0n) is 14.7. The lowest BCUT2D eigenvalue weighted by molar-refractivity contribution is 0.0738. The molecule has 0 bridgehead atoms. The molecule has 1 aliphatic heterocycles. The number of aromatic nitrogens is 2. The van der Waals surface area contributed by atoms with E-state index in [2.05, 4.69) is 9.97 Å². The minimum Gasteiger partial charge on any atom is -0.484 e. The Kier molecular flexibility index (Phi) is 4.68. The van der Waals surface area contributed by atoms with Gasteiger partial charge < -0.3 is 23.5 Å². The molecular formula is C18H17N3O5S. The monoisotopic (exact) mass is 387 g/mol. The molecule has 1 amide bonds. The van der Waals surface area contributed by atoms with Crippen LogP contribution >= 0.6 is 11.3 Å². The van der Waals surface area contributed by atoms with Gasteiger partial charge in [-0.15, -0.1) is 11.3 Å². The van der Waals surface area contributed by atoms with E-state index in [-0.39, 0.29) is 31.0 Å². The van der Waals surface area contributed by atoms with Crippen LogP contribution in [0.1, 0.15) is 34.2 Å². The average molecular weight is 387 g/mol. The lowest BCUT2D eigenvalue weighted by Gasteiger charge is -2.22. The largest absolute Gasteiger partial charge is 0.484 e. The van der Waals surface area contributed by atoms with Gasteiger partial charge >= 0.3 is 0 Å². The maximum atomic E-state index is 12.6. The molecule has 9 heteroatoms. The topological polar surface area (TPSA) is 86.9 Å². The van der Waals surface area contributed by atoms with E-state index < -0.39 is 0 Å². The number of ether oxygens (including phenoxy) is 3. The van der Waals surface area contributed by atoms with Crippen molar-refractivity contribution >= 4 is 17.2 Å². The fraction of sp³-hybridized carbons (Fsp3) is 0.278. The van der Waals surface area contributed by atoms with Crippen molar-refractivity contribution in [1.82, 2.24) is 14.9 Å². The third kappa shape index (κ3) is 3.59. The quantitative estimate of drug-likeness (QED) is 0.641. The third-order valence-corrected chi connectivity index (χ3v) is 5.19. The second-order valence-electron chi connectivity index (χ2n) is 5.93. The van der Waals surface area contributed by atoms with Crippen LogP contribution in [-0.4, -0.2) is 34.6 Å². The summed E-state index contributed by atoms with van der Waals surface area (Å²) in [5.74, 6) is 2.00. The van der Waals surface area contributed by atoms with Crippen molar-refractivity contribution in [3.63, 3.8) is 0 Å². The Labute approximate surface area is 159 Å². The van der Waals surface area contributed by atoms with Gasteiger partial charge in [0.1, 0.15) is 12.0 Å². The lowest BCUT2D eigenvalue weighted by atomic mass is 10.2. The van der Waals surface area contributed by atoms with E-state index in [0.29, 0.717) is 23.1 Å². The molecule has 4 rings (SSSR count). The maximum absolute atomic E-state index is 12.6. The van der Waals surface area contributed by atoms with E-state index in [1.54, 1.807) is 41.9 Å². The van der Waals surface area contributed by atoms with Gasteiger partial charge in [-0.3, -0.25) is 9.78 Å². The number of benzene rings is 1. The SMILES string of the molecule is C[C@H](c1cncs1)N(C)C(=O)c1coc(COc2ccc3c(c2)OCO3)n1. The summed E-state index contributed by atoms with van der Waals surface area (Å²) in [6, 6.07) is 5.18. The Balaban J connectivity index is 1.38. The van der Waals surface area contributed by atoms with Crippen molar-refractivity contribution in [2.45, 2.75) is 19.6 Å². The van der Waals surface area contributed by atoms with E-state index in [1.807, 2.05) is 6.92 Å². The first-order chi connectivity index (χ1) is 13.1. The van der Waals surface area contributed by atoms with Crippen LogP contribution < -0.4 is 14.2 Å². The van der Waals surface area contributed by atoms with Crippen molar-refractivity contribution in [2.75, 3.05) is 13.8 Å². The summed E-state index contributed by atoms with van der Waals surface area (Å²) >= 11 is 1.50. The van der Waals surface area contributed by atoms with E-state index in [0.717, 1.165) is 4.88 Å². The van der Waals surface area contributed by atoms with Crippen molar-refractivity contribution in [3.05, 3.63) is 52.6 Å². The highest BCUT2D eigenvalue weighted by Crippen LogP contribution is 2.35. The van der Waals surface area contributed by atoms with Gasteiger partial charge in [0.25, 0.3) is 5.91 Å². The Morgan fingerprint density at radius 1 is 1.37 bits per heavy atom. The number of hydrogen-bond acceptors (Lipinski definition) is 8. The van der Waals surface area contributed by atoms with Gasteiger partial charge in [0.2, 0.25) is 12.7 Å². The van der Waals surface area contributed by atoms with Crippen LogP contribution in [0, 0.1) is 0 Å². The number of carbonyl (C=O) groups excluding carboxylic acids is 1. The van der Waals surface area contributed by atoms with Crippen LogP contribution in [0.15, 0.2) is 40.6 Å². The molecule has 140 valence electrons. The number of nitrogens with zero attached hydrogens (tertiary/aromatic N) is 3. The Morgan fingerprint density at radius 2 is 2.22 bits per heavy atom. The van der Waals surface area contributed by atoms with Gasteiger partial charge in [0, 0.05) is 24.2 Å². The molecule has 0 radical (unpaired) electrons. The van der Waals surface area contributed by atoms with E-state index in [4.69, 9.17) is 18.6 Å².